The summed E-state index contributed by atoms with van der Waals surface area (Å²) in [7, 11) is 0. The topological polar surface area (TPSA) is 22.1 Å². The van der Waals surface area contributed by atoms with Gasteiger partial charge in [0.15, 0.2) is 0 Å². The summed E-state index contributed by atoms with van der Waals surface area (Å²) in [6.45, 7) is 0.666. The SMILES string of the molecule is Clc1ccc(SCCOc2ccccc2)nc1. The Kier molecular flexibility index (Phi) is 4.71. The van der Waals surface area contributed by atoms with Crippen molar-refractivity contribution in [3.63, 3.8) is 0 Å². The first-order chi connectivity index (χ1) is 8.34. The lowest BCUT2D eigenvalue weighted by atomic mass is 10.3. The van der Waals surface area contributed by atoms with Gasteiger partial charge < -0.3 is 4.74 Å². The molecule has 0 saturated carbocycles. The third kappa shape index (κ3) is 4.29. The maximum Gasteiger partial charge on any atom is 0.119 e. The van der Waals surface area contributed by atoms with Crippen molar-refractivity contribution in [1.29, 1.82) is 0 Å². The van der Waals surface area contributed by atoms with Crippen LogP contribution in [0.3, 0.4) is 0 Å². The molecule has 0 atom stereocenters. The van der Waals surface area contributed by atoms with Crippen molar-refractivity contribution in [2.75, 3.05) is 12.4 Å². The van der Waals surface area contributed by atoms with E-state index in [1.807, 2.05) is 42.5 Å². The normalized spacial score (nSPS) is 10.2. The first-order valence-electron chi connectivity index (χ1n) is 5.27. The van der Waals surface area contributed by atoms with Crippen LogP contribution in [0.4, 0.5) is 0 Å². The molecule has 2 aromatic rings. The van der Waals surface area contributed by atoms with E-state index in [0.717, 1.165) is 16.5 Å². The largest absolute Gasteiger partial charge is 0.493 e. The summed E-state index contributed by atoms with van der Waals surface area (Å²) in [4.78, 5) is 4.20. The molecule has 2 rings (SSSR count). The second-order valence-electron chi connectivity index (χ2n) is 3.32. The number of rotatable bonds is 5. The molecular formula is C13H12ClNOS. The van der Waals surface area contributed by atoms with Crippen LogP contribution in [0.15, 0.2) is 53.7 Å². The molecule has 0 fully saturated rings. The highest BCUT2D eigenvalue weighted by atomic mass is 35.5. The van der Waals surface area contributed by atoms with Crippen LogP contribution < -0.4 is 4.74 Å². The quantitative estimate of drug-likeness (QED) is 0.605. The molecule has 4 heteroatoms. The minimum absolute atomic E-state index is 0.662. The van der Waals surface area contributed by atoms with Gasteiger partial charge in [-0.1, -0.05) is 29.8 Å². The van der Waals surface area contributed by atoms with Gasteiger partial charge in [0, 0.05) is 11.9 Å². The highest BCUT2D eigenvalue weighted by molar-refractivity contribution is 7.99. The molecule has 0 unspecified atom stereocenters. The predicted molar refractivity (Wildman–Crippen MR) is 71.9 cm³/mol. The van der Waals surface area contributed by atoms with E-state index in [1.54, 1.807) is 18.0 Å². The van der Waals surface area contributed by atoms with Crippen molar-refractivity contribution in [3.05, 3.63) is 53.7 Å². The monoisotopic (exact) mass is 265 g/mol. The van der Waals surface area contributed by atoms with Gasteiger partial charge in [-0.25, -0.2) is 4.98 Å². The van der Waals surface area contributed by atoms with Crippen LogP contribution in [0, 0.1) is 0 Å². The number of hydrogen-bond donors (Lipinski definition) is 0. The minimum atomic E-state index is 0.662. The second-order valence-corrected chi connectivity index (χ2v) is 4.88. The highest BCUT2D eigenvalue weighted by Gasteiger charge is 1.96. The molecule has 0 saturated heterocycles. The highest BCUT2D eigenvalue weighted by Crippen LogP contribution is 2.17. The molecule has 1 heterocycles. The van der Waals surface area contributed by atoms with Crippen LogP contribution >= 0.6 is 23.4 Å². The molecule has 0 amide bonds. The number of ether oxygens (including phenoxy) is 1. The average molecular weight is 266 g/mol. The van der Waals surface area contributed by atoms with Gasteiger partial charge in [0.05, 0.1) is 16.7 Å². The van der Waals surface area contributed by atoms with Gasteiger partial charge in [0.2, 0.25) is 0 Å². The Morgan fingerprint density at radius 1 is 1.12 bits per heavy atom. The first-order valence-corrected chi connectivity index (χ1v) is 6.63. The Balaban J connectivity index is 1.71. The molecule has 0 N–H and O–H groups in total. The number of pyridine rings is 1. The molecule has 1 aromatic heterocycles. The molecule has 0 spiro atoms. The molecule has 0 radical (unpaired) electrons. The van der Waals surface area contributed by atoms with Crippen LogP contribution in [-0.2, 0) is 0 Å². The molecule has 0 aliphatic heterocycles. The fourth-order valence-corrected chi connectivity index (χ4v) is 2.05. The number of aromatic nitrogens is 1. The third-order valence-electron chi connectivity index (χ3n) is 2.05. The van der Waals surface area contributed by atoms with Gasteiger partial charge in [-0.2, -0.15) is 0 Å². The minimum Gasteiger partial charge on any atom is -0.493 e. The van der Waals surface area contributed by atoms with Gasteiger partial charge in [0.25, 0.3) is 0 Å². The van der Waals surface area contributed by atoms with E-state index in [9.17, 15) is 0 Å². The first kappa shape index (κ1) is 12.3. The summed E-state index contributed by atoms with van der Waals surface area (Å²) in [5, 5.41) is 1.63. The van der Waals surface area contributed by atoms with Crippen LogP contribution in [0.25, 0.3) is 0 Å². The molecule has 0 bridgehead atoms. The Hall–Kier alpha value is -1.19. The summed E-state index contributed by atoms with van der Waals surface area (Å²) in [5.41, 5.74) is 0. The van der Waals surface area contributed by atoms with Gasteiger partial charge >= 0.3 is 0 Å². The van der Waals surface area contributed by atoms with Gasteiger partial charge in [-0.15, -0.1) is 11.8 Å². The number of benzene rings is 1. The Morgan fingerprint density at radius 3 is 2.65 bits per heavy atom. The molecule has 0 aliphatic carbocycles. The zero-order valence-electron chi connectivity index (χ0n) is 9.17. The molecule has 88 valence electrons. The Bertz CT molecular complexity index is 447. The lowest BCUT2D eigenvalue weighted by Gasteiger charge is -2.05. The maximum absolute atomic E-state index is 5.76. The average Bonchev–Trinajstić information content (AvgIpc) is 2.38. The Morgan fingerprint density at radius 2 is 1.94 bits per heavy atom. The van der Waals surface area contributed by atoms with Gasteiger partial charge in [-0.3, -0.25) is 0 Å². The zero-order valence-corrected chi connectivity index (χ0v) is 10.7. The van der Waals surface area contributed by atoms with E-state index in [4.69, 9.17) is 16.3 Å². The van der Waals surface area contributed by atoms with Crippen LogP contribution in [0.2, 0.25) is 5.02 Å². The summed E-state index contributed by atoms with van der Waals surface area (Å²) in [5.74, 6) is 1.76. The predicted octanol–water partition coefficient (Wildman–Crippen LogP) is 3.91. The number of halogens is 1. The van der Waals surface area contributed by atoms with E-state index in [-0.39, 0.29) is 0 Å². The Labute approximate surface area is 110 Å². The van der Waals surface area contributed by atoms with Gasteiger partial charge in [-0.05, 0) is 24.3 Å². The van der Waals surface area contributed by atoms with Crippen molar-refractivity contribution >= 4 is 23.4 Å². The van der Waals surface area contributed by atoms with E-state index in [1.165, 1.54) is 0 Å². The van der Waals surface area contributed by atoms with Crippen molar-refractivity contribution < 1.29 is 4.74 Å². The number of para-hydroxylation sites is 1. The zero-order chi connectivity index (χ0) is 11.9. The summed E-state index contributed by atoms with van der Waals surface area (Å²) in [6.07, 6.45) is 1.65. The van der Waals surface area contributed by atoms with Gasteiger partial charge in [0.1, 0.15) is 5.75 Å². The second kappa shape index (κ2) is 6.52. The van der Waals surface area contributed by atoms with Crippen LogP contribution in [0.5, 0.6) is 5.75 Å². The van der Waals surface area contributed by atoms with Crippen LogP contribution in [0.1, 0.15) is 0 Å². The number of nitrogens with zero attached hydrogens (tertiary/aromatic N) is 1. The van der Waals surface area contributed by atoms with Crippen molar-refractivity contribution in [3.8, 4) is 5.75 Å². The number of thioether (sulfide) groups is 1. The third-order valence-corrected chi connectivity index (χ3v) is 3.18. The van der Waals surface area contributed by atoms with E-state index >= 15 is 0 Å². The van der Waals surface area contributed by atoms with E-state index in [0.29, 0.717) is 11.6 Å². The number of hydrogen-bond acceptors (Lipinski definition) is 3. The maximum atomic E-state index is 5.76. The fraction of sp³-hybridized carbons (Fsp3) is 0.154. The lowest BCUT2D eigenvalue weighted by Crippen LogP contribution is -1.99. The fourth-order valence-electron chi connectivity index (χ4n) is 1.27. The van der Waals surface area contributed by atoms with Crippen LogP contribution in [-0.4, -0.2) is 17.3 Å². The van der Waals surface area contributed by atoms with E-state index in [2.05, 4.69) is 4.98 Å². The molecule has 17 heavy (non-hydrogen) atoms. The smallest absolute Gasteiger partial charge is 0.119 e. The van der Waals surface area contributed by atoms with E-state index < -0.39 is 0 Å². The standard InChI is InChI=1S/C13H12ClNOS/c14-11-6-7-13(15-10-11)17-9-8-16-12-4-2-1-3-5-12/h1-7,10H,8-9H2. The van der Waals surface area contributed by atoms with Crippen molar-refractivity contribution in [2.45, 2.75) is 5.03 Å². The molecule has 2 nitrogen and oxygen atoms in total. The molecule has 0 aliphatic rings. The lowest BCUT2D eigenvalue weighted by molar-refractivity contribution is 0.344. The summed E-state index contributed by atoms with van der Waals surface area (Å²) in [6, 6.07) is 13.5. The van der Waals surface area contributed by atoms with Crippen molar-refractivity contribution in [2.24, 2.45) is 0 Å². The molecular weight excluding hydrogens is 254 g/mol. The van der Waals surface area contributed by atoms with Crippen molar-refractivity contribution in [1.82, 2.24) is 4.98 Å². The summed E-state index contributed by atoms with van der Waals surface area (Å²) >= 11 is 7.41. The summed E-state index contributed by atoms with van der Waals surface area (Å²) < 4.78 is 5.58. The molecule has 1 aromatic carbocycles.